The summed E-state index contributed by atoms with van der Waals surface area (Å²) in [4.78, 5) is 47.4. The lowest BCUT2D eigenvalue weighted by Crippen LogP contribution is -2.39. The number of nitrogens with one attached hydrogen (secondary N) is 1. The molecule has 192 valence electrons. The summed E-state index contributed by atoms with van der Waals surface area (Å²) < 4.78 is 0. The fraction of sp³-hybridized carbons (Fsp3) is 0.571. The van der Waals surface area contributed by atoms with E-state index in [1.165, 1.54) is 11.3 Å². The van der Waals surface area contributed by atoms with E-state index in [1.807, 2.05) is 36.6 Å². The van der Waals surface area contributed by atoms with Gasteiger partial charge in [0.25, 0.3) is 5.91 Å². The van der Waals surface area contributed by atoms with E-state index in [9.17, 15) is 14.4 Å². The summed E-state index contributed by atoms with van der Waals surface area (Å²) in [5.41, 5.74) is 2.69. The quantitative estimate of drug-likeness (QED) is 0.590. The van der Waals surface area contributed by atoms with Crippen LogP contribution in [-0.2, 0) is 16.0 Å². The lowest BCUT2D eigenvalue weighted by atomic mass is 9.65. The minimum absolute atomic E-state index is 0.00446. The van der Waals surface area contributed by atoms with E-state index in [-0.39, 0.29) is 47.6 Å². The molecule has 2 bridgehead atoms. The number of benzene rings is 1. The number of hydrogen-bond donors (Lipinski definition) is 1. The van der Waals surface area contributed by atoms with Gasteiger partial charge in [0, 0.05) is 29.6 Å². The molecule has 2 aliphatic carbocycles. The van der Waals surface area contributed by atoms with E-state index in [0.29, 0.717) is 22.4 Å². The highest BCUT2D eigenvalue weighted by molar-refractivity contribution is 7.13. The standard InChI is InChI=1S/C28H36N4O3S/c1-18-7-5-6-8-22(18)25(35)31(20-9-10-20)14-23(33)30-26-29-19(15-36-26)11-24(34)32-17-28(4)13-21(32)12-27(2,3)16-28/h5-8,15,20-21H,9-14,16-17H2,1-4H3,(H,29,30,33). The molecular weight excluding hydrogens is 472 g/mol. The maximum Gasteiger partial charge on any atom is 0.254 e. The Balaban J connectivity index is 1.18. The number of carbonyl (C=O) groups excluding carboxylic acids is 3. The topological polar surface area (TPSA) is 82.6 Å². The van der Waals surface area contributed by atoms with Crippen LogP contribution >= 0.6 is 11.3 Å². The largest absolute Gasteiger partial charge is 0.339 e. The van der Waals surface area contributed by atoms with Crippen LogP contribution in [0.2, 0.25) is 0 Å². The average Bonchev–Trinajstić information content (AvgIpc) is 3.48. The van der Waals surface area contributed by atoms with Crippen molar-refractivity contribution in [1.29, 1.82) is 0 Å². The normalized spacial score (nSPS) is 24.4. The number of hydrogen-bond acceptors (Lipinski definition) is 5. The fourth-order valence-corrected chi connectivity index (χ4v) is 7.21. The summed E-state index contributed by atoms with van der Waals surface area (Å²) in [7, 11) is 0. The van der Waals surface area contributed by atoms with E-state index in [2.05, 4.69) is 36.0 Å². The molecule has 1 saturated heterocycles. The maximum absolute atomic E-state index is 13.2. The summed E-state index contributed by atoms with van der Waals surface area (Å²) in [6.45, 7) is 9.64. The molecule has 2 unspecified atom stereocenters. The monoisotopic (exact) mass is 508 g/mol. The molecule has 36 heavy (non-hydrogen) atoms. The van der Waals surface area contributed by atoms with E-state index in [1.54, 1.807) is 4.90 Å². The Morgan fingerprint density at radius 1 is 1.17 bits per heavy atom. The van der Waals surface area contributed by atoms with E-state index >= 15 is 0 Å². The van der Waals surface area contributed by atoms with Crippen LogP contribution in [0.1, 0.15) is 74.5 Å². The SMILES string of the molecule is Cc1ccccc1C(=O)N(CC(=O)Nc1nc(CC(=O)N2CC3(C)CC2CC(C)(C)C3)cs1)C1CC1. The van der Waals surface area contributed by atoms with Gasteiger partial charge in [-0.05, 0) is 61.5 Å². The van der Waals surface area contributed by atoms with Gasteiger partial charge in [-0.15, -0.1) is 11.3 Å². The summed E-state index contributed by atoms with van der Waals surface area (Å²) in [6, 6.07) is 7.89. The second kappa shape index (κ2) is 9.29. The van der Waals surface area contributed by atoms with Crippen molar-refractivity contribution in [3.63, 3.8) is 0 Å². The van der Waals surface area contributed by atoms with Crippen LogP contribution in [0.4, 0.5) is 5.13 Å². The van der Waals surface area contributed by atoms with Crippen molar-refractivity contribution in [2.45, 2.75) is 78.3 Å². The molecule has 1 aromatic heterocycles. The third-order valence-electron chi connectivity index (χ3n) is 7.80. The summed E-state index contributed by atoms with van der Waals surface area (Å²) >= 11 is 1.32. The number of anilines is 1. The zero-order valence-electron chi connectivity index (χ0n) is 21.7. The Labute approximate surface area is 217 Å². The summed E-state index contributed by atoms with van der Waals surface area (Å²) in [6.07, 6.45) is 5.37. The highest BCUT2D eigenvalue weighted by Crippen LogP contribution is 2.52. The lowest BCUT2D eigenvalue weighted by Gasteiger charge is -2.39. The predicted octanol–water partition coefficient (Wildman–Crippen LogP) is 4.66. The van der Waals surface area contributed by atoms with Crippen LogP contribution in [-0.4, -0.2) is 57.7 Å². The smallest absolute Gasteiger partial charge is 0.254 e. The molecule has 1 N–H and O–H groups in total. The first-order valence-corrected chi connectivity index (χ1v) is 13.8. The van der Waals surface area contributed by atoms with Gasteiger partial charge in [0.15, 0.2) is 5.13 Å². The number of amides is 3. The van der Waals surface area contributed by atoms with Gasteiger partial charge in [-0.1, -0.05) is 39.0 Å². The Hall–Kier alpha value is -2.74. The fourth-order valence-electron chi connectivity index (χ4n) is 6.49. The van der Waals surface area contributed by atoms with Crippen molar-refractivity contribution in [2.24, 2.45) is 10.8 Å². The Morgan fingerprint density at radius 2 is 1.92 bits per heavy atom. The van der Waals surface area contributed by atoms with E-state index < -0.39 is 0 Å². The van der Waals surface area contributed by atoms with Crippen LogP contribution in [0, 0.1) is 17.8 Å². The molecule has 3 amide bonds. The third kappa shape index (κ3) is 5.33. The second-order valence-electron chi connectivity index (χ2n) is 12.1. The zero-order valence-corrected chi connectivity index (χ0v) is 22.5. The Morgan fingerprint density at radius 3 is 2.64 bits per heavy atom. The molecule has 3 aliphatic rings. The molecular formula is C28H36N4O3S. The highest BCUT2D eigenvalue weighted by Gasteiger charge is 2.50. The lowest BCUT2D eigenvalue weighted by molar-refractivity contribution is -0.131. The minimum atomic E-state index is -0.264. The zero-order chi connectivity index (χ0) is 25.7. The molecule has 7 nitrogen and oxygen atoms in total. The van der Waals surface area contributed by atoms with Crippen LogP contribution in [0.15, 0.2) is 29.6 Å². The van der Waals surface area contributed by atoms with Gasteiger partial charge in [-0.25, -0.2) is 4.98 Å². The van der Waals surface area contributed by atoms with Gasteiger partial charge in [-0.3, -0.25) is 14.4 Å². The first kappa shape index (κ1) is 24.9. The number of thiazole rings is 1. The summed E-state index contributed by atoms with van der Waals surface area (Å²) in [5.74, 6) is -0.253. The number of rotatable bonds is 7. The van der Waals surface area contributed by atoms with Gasteiger partial charge < -0.3 is 15.1 Å². The number of carbonyl (C=O) groups is 3. The van der Waals surface area contributed by atoms with Crippen molar-refractivity contribution in [3.8, 4) is 0 Å². The van der Waals surface area contributed by atoms with Crippen molar-refractivity contribution in [2.75, 3.05) is 18.4 Å². The Kier molecular flexibility index (Phi) is 6.43. The van der Waals surface area contributed by atoms with E-state index in [4.69, 9.17) is 0 Å². The van der Waals surface area contributed by atoms with Crippen molar-refractivity contribution in [3.05, 3.63) is 46.5 Å². The van der Waals surface area contributed by atoms with Crippen LogP contribution in [0.5, 0.6) is 0 Å². The van der Waals surface area contributed by atoms with Crippen molar-refractivity contribution >= 4 is 34.2 Å². The minimum Gasteiger partial charge on any atom is -0.339 e. The average molecular weight is 509 g/mol. The van der Waals surface area contributed by atoms with Crippen molar-refractivity contribution < 1.29 is 14.4 Å². The molecule has 1 aliphatic heterocycles. The van der Waals surface area contributed by atoms with Crippen LogP contribution in [0.25, 0.3) is 0 Å². The van der Waals surface area contributed by atoms with Crippen molar-refractivity contribution in [1.82, 2.24) is 14.8 Å². The van der Waals surface area contributed by atoms with E-state index in [0.717, 1.165) is 44.2 Å². The number of aromatic nitrogens is 1. The van der Waals surface area contributed by atoms with Crippen LogP contribution in [0.3, 0.4) is 0 Å². The number of likely N-dealkylation sites (tertiary alicyclic amines) is 1. The number of nitrogens with zero attached hydrogens (tertiary/aromatic N) is 3. The molecule has 8 heteroatoms. The second-order valence-corrected chi connectivity index (χ2v) is 12.9. The van der Waals surface area contributed by atoms with Gasteiger partial charge >= 0.3 is 0 Å². The predicted molar refractivity (Wildman–Crippen MR) is 141 cm³/mol. The molecule has 2 heterocycles. The number of aryl methyl sites for hydroxylation is 1. The first-order chi connectivity index (χ1) is 17.0. The molecule has 1 aromatic carbocycles. The molecule has 2 aromatic rings. The Bertz CT molecular complexity index is 1190. The van der Waals surface area contributed by atoms with Gasteiger partial charge in [0.05, 0.1) is 12.1 Å². The van der Waals surface area contributed by atoms with Gasteiger partial charge in [-0.2, -0.15) is 0 Å². The first-order valence-electron chi connectivity index (χ1n) is 12.9. The summed E-state index contributed by atoms with van der Waals surface area (Å²) in [5, 5.41) is 5.16. The number of fused-ring (bicyclic) bond motifs is 2. The maximum atomic E-state index is 13.2. The molecule has 0 spiro atoms. The molecule has 2 atom stereocenters. The van der Waals surface area contributed by atoms with Gasteiger partial charge in [0.1, 0.15) is 6.54 Å². The van der Waals surface area contributed by atoms with Gasteiger partial charge in [0.2, 0.25) is 11.8 Å². The molecule has 2 saturated carbocycles. The highest BCUT2D eigenvalue weighted by atomic mass is 32.1. The molecule has 5 rings (SSSR count). The van der Waals surface area contributed by atoms with Crippen LogP contribution < -0.4 is 5.32 Å². The molecule has 0 radical (unpaired) electrons. The molecule has 3 fully saturated rings. The third-order valence-corrected chi connectivity index (χ3v) is 8.61.